The molecule has 0 spiro atoms. The van der Waals surface area contributed by atoms with Gasteiger partial charge < -0.3 is 23.4 Å². The number of aromatic nitrogens is 1. The molecule has 2 heterocycles. The molecule has 0 amide bonds. The largest absolute Gasteiger partial charge is 0.452 e. The van der Waals surface area contributed by atoms with Crippen LogP contribution in [0.25, 0.3) is 11.1 Å². The Kier molecular flexibility index (Phi) is 8.83. The van der Waals surface area contributed by atoms with E-state index < -0.39 is 48.2 Å². The van der Waals surface area contributed by atoms with Crippen molar-refractivity contribution in [3.05, 3.63) is 140 Å². The molecule has 4 aromatic carbocycles. The molecule has 228 valence electrons. The summed E-state index contributed by atoms with van der Waals surface area (Å²) < 4.78 is 30.9. The van der Waals surface area contributed by atoms with Crippen LogP contribution in [0.1, 0.15) is 37.3 Å². The van der Waals surface area contributed by atoms with Crippen LogP contribution in [0.15, 0.2) is 117 Å². The van der Waals surface area contributed by atoms with Crippen LogP contribution in [0.5, 0.6) is 0 Å². The van der Waals surface area contributed by atoms with Crippen LogP contribution in [0, 0.1) is 0 Å². The van der Waals surface area contributed by atoms with Crippen LogP contribution in [-0.2, 0) is 18.9 Å². The fraction of sp³-hybridized carbons (Fsp3) is 0.152. The van der Waals surface area contributed by atoms with Gasteiger partial charge in [-0.3, -0.25) is 0 Å². The third-order valence-electron chi connectivity index (χ3n) is 7.09. The van der Waals surface area contributed by atoms with Gasteiger partial charge in [0.1, 0.15) is 0 Å². The van der Waals surface area contributed by atoms with Crippen molar-refractivity contribution in [2.75, 3.05) is 6.61 Å². The number of oxazole rings is 1. The number of esters is 3. The van der Waals surface area contributed by atoms with Gasteiger partial charge in [0, 0.05) is 4.47 Å². The number of ether oxygens (including phenoxy) is 4. The highest BCUT2D eigenvalue weighted by molar-refractivity contribution is 9.10. The monoisotopic (exact) mass is 691 g/mol. The predicted octanol–water partition coefficient (Wildman–Crippen LogP) is 6.22. The van der Waals surface area contributed by atoms with E-state index in [0.717, 1.165) is 4.57 Å². The second-order valence-electron chi connectivity index (χ2n) is 9.98. The highest BCUT2D eigenvalue weighted by atomic mass is 79.9. The van der Waals surface area contributed by atoms with E-state index in [-0.39, 0.29) is 39.4 Å². The van der Waals surface area contributed by atoms with Crippen LogP contribution in [0.2, 0.25) is 5.02 Å². The molecule has 1 aromatic heterocycles. The van der Waals surface area contributed by atoms with E-state index in [4.69, 9.17) is 35.0 Å². The van der Waals surface area contributed by atoms with Crippen molar-refractivity contribution in [3.8, 4) is 0 Å². The molecule has 45 heavy (non-hydrogen) atoms. The average Bonchev–Trinajstić information content (AvgIpc) is 3.37. The Hall–Kier alpha value is -4.71. The fourth-order valence-electron chi connectivity index (χ4n) is 4.93. The molecule has 1 aliphatic rings. The van der Waals surface area contributed by atoms with Crippen molar-refractivity contribution >= 4 is 56.5 Å². The molecule has 1 saturated heterocycles. The number of halogens is 2. The van der Waals surface area contributed by atoms with Crippen LogP contribution >= 0.6 is 27.5 Å². The van der Waals surface area contributed by atoms with E-state index in [1.54, 1.807) is 78.9 Å². The summed E-state index contributed by atoms with van der Waals surface area (Å²) >= 11 is 9.67. The van der Waals surface area contributed by atoms with Crippen molar-refractivity contribution in [3.63, 3.8) is 0 Å². The molecule has 12 heteroatoms. The van der Waals surface area contributed by atoms with Crippen molar-refractivity contribution in [1.82, 2.24) is 4.57 Å². The summed E-state index contributed by atoms with van der Waals surface area (Å²) in [7, 11) is 0. The normalized spacial score (nSPS) is 19.5. The summed E-state index contributed by atoms with van der Waals surface area (Å²) in [4.78, 5) is 53.3. The lowest BCUT2D eigenvalue weighted by Crippen LogP contribution is -2.56. The third-order valence-corrected chi connectivity index (χ3v) is 8.28. The number of carbonyl (C=O) groups is 3. The third kappa shape index (κ3) is 6.41. The predicted molar refractivity (Wildman–Crippen MR) is 165 cm³/mol. The van der Waals surface area contributed by atoms with E-state index >= 15 is 0 Å². The molecule has 10 nitrogen and oxygen atoms in total. The first kappa shape index (κ1) is 30.3. The molecule has 4 atom stereocenters. The zero-order valence-corrected chi connectivity index (χ0v) is 25.6. The van der Waals surface area contributed by atoms with Crippen LogP contribution in [0.4, 0.5) is 0 Å². The summed E-state index contributed by atoms with van der Waals surface area (Å²) in [5.74, 6) is -3.15. The van der Waals surface area contributed by atoms with Gasteiger partial charge in [0.2, 0.25) is 0 Å². The first-order chi connectivity index (χ1) is 21.8. The Bertz CT molecular complexity index is 1910. The van der Waals surface area contributed by atoms with Gasteiger partial charge in [-0.25, -0.2) is 23.7 Å². The first-order valence-corrected chi connectivity index (χ1v) is 14.9. The number of benzene rings is 4. The fourth-order valence-corrected chi connectivity index (χ4v) is 5.41. The molecule has 1 aliphatic heterocycles. The summed E-state index contributed by atoms with van der Waals surface area (Å²) in [6.45, 7) is -0.335. The van der Waals surface area contributed by atoms with Gasteiger partial charge in [0.25, 0.3) is 0 Å². The summed E-state index contributed by atoms with van der Waals surface area (Å²) in [5, 5.41) is 0.271. The van der Waals surface area contributed by atoms with E-state index in [1.807, 2.05) is 0 Å². The van der Waals surface area contributed by atoms with Gasteiger partial charge in [-0.05, 0) is 64.5 Å². The van der Waals surface area contributed by atoms with E-state index in [9.17, 15) is 19.2 Å². The van der Waals surface area contributed by atoms with Gasteiger partial charge in [-0.2, -0.15) is 0 Å². The number of nitrogens with zero attached hydrogens (tertiary/aromatic N) is 1. The second-order valence-corrected chi connectivity index (χ2v) is 11.2. The quantitative estimate of drug-likeness (QED) is 0.145. The highest BCUT2D eigenvalue weighted by Crippen LogP contribution is 2.35. The molecule has 0 saturated carbocycles. The van der Waals surface area contributed by atoms with E-state index in [1.165, 1.54) is 24.3 Å². The number of fused-ring (bicyclic) bond motifs is 1. The molecule has 5 aromatic rings. The molecule has 0 N–H and O–H groups in total. The Balaban J connectivity index is 1.45. The maximum absolute atomic E-state index is 13.5. The molecule has 0 radical (unpaired) electrons. The number of carbonyl (C=O) groups excluding carboxylic acids is 3. The highest BCUT2D eigenvalue weighted by Gasteiger charge is 2.50. The first-order valence-electron chi connectivity index (χ1n) is 13.7. The maximum Gasteiger partial charge on any atom is 0.422 e. The second kappa shape index (κ2) is 13.1. The van der Waals surface area contributed by atoms with Gasteiger partial charge in [-0.1, -0.05) is 66.2 Å². The number of hydrogen-bond acceptors (Lipinski definition) is 9. The van der Waals surface area contributed by atoms with Crippen LogP contribution in [-0.4, -0.2) is 47.4 Å². The zero-order chi connectivity index (χ0) is 31.5. The average molecular weight is 693 g/mol. The zero-order valence-electron chi connectivity index (χ0n) is 23.2. The molecule has 0 aliphatic carbocycles. The van der Waals surface area contributed by atoms with Gasteiger partial charge in [-0.15, -0.1) is 0 Å². The Morgan fingerprint density at radius 3 is 1.76 bits per heavy atom. The molecule has 0 unspecified atom stereocenters. The van der Waals surface area contributed by atoms with Gasteiger partial charge in [0.15, 0.2) is 30.1 Å². The lowest BCUT2D eigenvalue weighted by molar-refractivity contribution is -0.212. The Labute approximate surface area is 269 Å². The lowest BCUT2D eigenvalue weighted by atomic mass is 10.0. The van der Waals surface area contributed by atoms with Gasteiger partial charge >= 0.3 is 23.7 Å². The van der Waals surface area contributed by atoms with Crippen molar-refractivity contribution < 1.29 is 37.7 Å². The maximum atomic E-state index is 13.5. The van der Waals surface area contributed by atoms with Crippen LogP contribution < -0.4 is 5.76 Å². The molecule has 1 fully saturated rings. The smallest absolute Gasteiger partial charge is 0.422 e. The van der Waals surface area contributed by atoms with Crippen molar-refractivity contribution in [1.29, 1.82) is 0 Å². The summed E-state index contributed by atoms with van der Waals surface area (Å²) in [5.41, 5.74) is 1.02. The molecular formula is C33H23BrClNO9. The molecule has 6 rings (SSSR count). The Morgan fingerprint density at radius 2 is 1.22 bits per heavy atom. The summed E-state index contributed by atoms with van der Waals surface area (Å²) in [6.07, 6.45) is -5.57. The van der Waals surface area contributed by atoms with Gasteiger partial charge in [0.05, 0.1) is 33.8 Å². The number of hydrogen-bond donors (Lipinski definition) is 0. The van der Waals surface area contributed by atoms with Crippen molar-refractivity contribution in [2.45, 2.75) is 24.5 Å². The van der Waals surface area contributed by atoms with E-state index in [2.05, 4.69) is 15.9 Å². The van der Waals surface area contributed by atoms with Crippen LogP contribution in [0.3, 0.4) is 0 Å². The topological polar surface area (TPSA) is 123 Å². The minimum absolute atomic E-state index is 0.170. The SMILES string of the molecule is O=C(O[C@@H]1[C@H](OC(=O)c2ccccc2)[C@@H](OC(=O)c2ccccc2)CO[C@H]1n1c(=O)oc2cc(Br)c(Cl)cc21)c1ccccc1. The van der Waals surface area contributed by atoms with E-state index in [0.29, 0.717) is 4.47 Å². The molecule has 0 bridgehead atoms. The number of rotatable bonds is 7. The van der Waals surface area contributed by atoms with Crippen molar-refractivity contribution in [2.24, 2.45) is 0 Å². The minimum Gasteiger partial charge on any atom is -0.452 e. The summed E-state index contributed by atoms with van der Waals surface area (Å²) in [6, 6.07) is 27.4. The lowest BCUT2D eigenvalue weighted by Gasteiger charge is -2.40. The Morgan fingerprint density at radius 1 is 0.733 bits per heavy atom. The minimum atomic E-state index is -1.51. The standard InChI is InChI=1S/C33H23BrClNO9/c34-22-16-25-24(17-23(22)35)36(33(40)43-25)29-28(45-32(39)21-14-8-3-9-15-21)27(44-31(38)20-12-6-2-7-13-20)26(18-41-29)42-30(37)19-10-4-1-5-11-19/h1-17,26-29H,18H2/t26-,27+,28+,29+/m0/s1. The molecular weight excluding hydrogens is 670 g/mol.